The minimum Gasteiger partial charge on any atom is -0.411 e. The minimum absolute atomic E-state index is 0.132. The monoisotopic (exact) mass is 413 g/mol. The molecule has 2 heterocycles. The van der Waals surface area contributed by atoms with E-state index in [-0.39, 0.29) is 11.7 Å². The van der Waals surface area contributed by atoms with Crippen molar-refractivity contribution < 1.29 is 9.21 Å². The van der Waals surface area contributed by atoms with Gasteiger partial charge in [0.2, 0.25) is 16.9 Å². The molecule has 0 atom stereocenters. The van der Waals surface area contributed by atoms with E-state index in [4.69, 9.17) is 16.0 Å². The molecule has 25 heavy (non-hydrogen) atoms. The summed E-state index contributed by atoms with van der Waals surface area (Å²) in [5, 5.41) is 19.9. The largest absolute Gasteiger partial charge is 0.411 e. The molecule has 0 bridgehead atoms. The van der Waals surface area contributed by atoms with Crippen LogP contribution in [0.25, 0.3) is 11.5 Å². The third kappa shape index (κ3) is 5.18. The molecule has 0 saturated heterocycles. The molecule has 11 heteroatoms. The number of hydrogen-bond donors (Lipinski definition) is 1. The fourth-order valence-electron chi connectivity index (χ4n) is 1.73. The van der Waals surface area contributed by atoms with Crippen molar-refractivity contribution >= 4 is 57.5 Å². The van der Waals surface area contributed by atoms with Gasteiger partial charge in [0.1, 0.15) is 0 Å². The molecule has 130 valence electrons. The van der Waals surface area contributed by atoms with Gasteiger partial charge in [-0.2, -0.15) is 0 Å². The Morgan fingerprint density at radius 1 is 1.28 bits per heavy atom. The molecular formula is C14H12ClN5O2S3. The van der Waals surface area contributed by atoms with Gasteiger partial charge in [-0.15, -0.1) is 20.4 Å². The summed E-state index contributed by atoms with van der Waals surface area (Å²) >= 11 is 10.0. The topological polar surface area (TPSA) is 93.8 Å². The van der Waals surface area contributed by atoms with Crippen LogP contribution in [-0.2, 0) is 4.79 Å². The number of nitrogens with zero attached hydrogens (tertiary/aromatic N) is 4. The van der Waals surface area contributed by atoms with Gasteiger partial charge in [0, 0.05) is 10.6 Å². The van der Waals surface area contributed by atoms with Gasteiger partial charge >= 0.3 is 0 Å². The van der Waals surface area contributed by atoms with Crippen molar-refractivity contribution in [2.75, 3.05) is 16.8 Å². The highest BCUT2D eigenvalue weighted by atomic mass is 35.5. The molecule has 3 rings (SSSR count). The van der Waals surface area contributed by atoms with Gasteiger partial charge in [-0.25, -0.2) is 0 Å². The molecule has 0 unspecified atom stereocenters. The molecule has 0 aliphatic heterocycles. The summed E-state index contributed by atoms with van der Waals surface area (Å²) in [6.45, 7) is 2.03. The van der Waals surface area contributed by atoms with E-state index < -0.39 is 0 Å². The molecule has 0 aliphatic carbocycles. The molecule has 0 radical (unpaired) electrons. The summed E-state index contributed by atoms with van der Waals surface area (Å²) in [5.74, 6) is 1.19. The van der Waals surface area contributed by atoms with Crippen molar-refractivity contribution in [2.45, 2.75) is 16.5 Å². The number of thioether (sulfide) groups is 2. The fourth-order valence-corrected chi connectivity index (χ4v) is 4.15. The first kappa shape index (κ1) is 18.2. The van der Waals surface area contributed by atoms with Crippen molar-refractivity contribution in [1.29, 1.82) is 0 Å². The number of aromatic nitrogens is 4. The molecule has 0 spiro atoms. The quantitative estimate of drug-likeness (QED) is 0.457. The smallest absolute Gasteiger partial charge is 0.277 e. The van der Waals surface area contributed by atoms with Crippen LogP contribution in [0.4, 0.5) is 5.13 Å². The Labute approximate surface area is 161 Å². The van der Waals surface area contributed by atoms with Gasteiger partial charge in [-0.05, 0) is 24.0 Å². The highest BCUT2D eigenvalue weighted by Gasteiger charge is 2.13. The minimum atomic E-state index is -0.211. The lowest BCUT2D eigenvalue weighted by molar-refractivity contribution is -0.113. The van der Waals surface area contributed by atoms with Crippen molar-refractivity contribution in [2.24, 2.45) is 0 Å². The normalized spacial score (nSPS) is 10.8. The second-order valence-electron chi connectivity index (χ2n) is 4.53. The number of carbonyl (C=O) groups is 1. The number of carbonyl (C=O) groups excluding carboxylic acids is 1. The Balaban J connectivity index is 1.54. The van der Waals surface area contributed by atoms with Gasteiger partial charge in [0.25, 0.3) is 5.22 Å². The van der Waals surface area contributed by atoms with E-state index in [9.17, 15) is 4.79 Å². The zero-order chi connectivity index (χ0) is 17.6. The zero-order valence-corrected chi connectivity index (χ0v) is 16.1. The molecule has 0 aliphatic rings. The molecule has 0 saturated carbocycles. The maximum Gasteiger partial charge on any atom is 0.277 e. The molecule has 7 nitrogen and oxygen atoms in total. The first-order valence-electron chi connectivity index (χ1n) is 7.12. The van der Waals surface area contributed by atoms with Gasteiger partial charge in [0.15, 0.2) is 4.34 Å². The van der Waals surface area contributed by atoms with Crippen LogP contribution in [-0.4, -0.2) is 37.8 Å². The van der Waals surface area contributed by atoms with Crippen molar-refractivity contribution in [3.05, 3.63) is 29.3 Å². The molecule has 1 amide bonds. The lowest BCUT2D eigenvalue weighted by atomic mass is 10.2. The number of hydrogen-bond acceptors (Lipinski definition) is 9. The lowest BCUT2D eigenvalue weighted by Crippen LogP contribution is -2.13. The predicted octanol–water partition coefficient (Wildman–Crippen LogP) is 4.08. The Hall–Kier alpha value is -1.62. The summed E-state index contributed by atoms with van der Waals surface area (Å²) in [5.41, 5.74) is 0.728. The maximum absolute atomic E-state index is 12.0. The summed E-state index contributed by atoms with van der Waals surface area (Å²) in [4.78, 5) is 12.0. The van der Waals surface area contributed by atoms with E-state index in [2.05, 4.69) is 25.7 Å². The summed E-state index contributed by atoms with van der Waals surface area (Å²) < 4.78 is 6.36. The van der Waals surface area contributed by atoms with Gasteiger partial charge in [0.05, 0.1) is 5.75 Å². The average molecular weight is 414 g/mol. The number of benzene rings is 1. The molecule has 0 fully saturated rings. The number of nitrogens with one attached hydrogen (secondary N) is 1. The molecule has 3 aromatic rings. The fraction of sp³-hybridized carbons (Fsp3) is 0.214. The maximum atomic E-state index is 12.0. The van der Waals surface area contributed by atoms with E-state index in [1.54, 1.807) is 30.0 Å². The molecule has 1 aromatic carbocycles. The molecular weight excluding hydrogens is 402 g/mol. The third-order valence-corrected chi connectivity index (χ3v) is 5.63. The van der Waals surface area contributed by atoms with Gasteiger partial charge in [-0.3, -0.25) is 10.1 Å². The van der Waals surface area contributed by atoms with E-state index >= 15 is 0 Å². The predicted molar refractivity (Wildman–Crippen MR) is 100 cm³/mol. The van der Waals surface area contributed by atoms with Crippen LogP contribution in [0.1, 0.15) is 6.92 Å². The first-order chi connectivity index (χ1) is 12.1. The zero-order valence-electron chi connectivity index (χ0n) is 12.9. The van der Waals surface area contributed by atoms with Crippen LogP contribution in [0.15, 0.2) is 38.2 Å². The van der Waals surface area contributed by atoms with Crippen molar-refractivity contribution in [1.82, 2.24) is 20.4 Å². The highest BCUT2D eigenvalue weighted by Crippen LogP contribution is 2.27. The number of anilines is 1. The summed E-state index contributed by atoms with van der Waals surface area (Å²) in [6.07, 6.45) is 0. The average Bonchev–Trinajstić information content (AvgIpc) is 3.23. The number of amides is 1. The Kier molecular flexibility index (Phi) is 6.29. The number of rotatable bonds is 7. The van der Waals surface area contributed by atoms with Crippen LogP contribution in [0, 0.1) is 0 Å². The van der Waals surface area contributed by atoms with Crippen LogP contribution in [0.3, 0.4) is 0 Å². The van der Waals surface area contributed by atoms with E-state index in [1.807, 2.05) is 13.0 Å². The Morgan fingerprint density at radius 2 is 2.16 bits per heavy atom. The van der Waals surface area contributed by atoms with Crippen molar-refractivity contribution in [3.63, 3.8) is 0 Å². The highest BCUT2D eigenvalue weighted by molar-refractivity contribution is 8.01. The lowest BCUT2D eigenvalue weighted by Gasteiger charge is -1.98. The van der Waals surface area contributed by atoms with Crippen LogP contribution in [0.5, 0.6) is 0 Å². The second-order valence-corrected chi connectivity index (χ2v) is 8.38. The van der Waals surface area contributed by atoms with E-state index in [0.717, 1.165) is 27.4 Å². The summed E-state index contributed by atoms with van der Waals surface area (Å²) in [6, 6.07) is 7.12. The summed E-state index contributed by atoms with van der Waals surface area (Å²) in [7, 11) is 0. The second kappa shape index (κ2) is 8.65. The molecule has 1 N–H and O–H groups in total. The Bertz CT molecular complexity index is 870. The third-order valence-electron chi connectivity index (χ3n) is 2.73. The van der Waals surface area contributed by atoms with Crippen LogP contribution < -0.4 is 5.32 Å². The Morgan fingerprint density at radius 3 is 2.96 bits per heavy atom. The first-order valence-corrected chi connectivity index (χ1v) is 10.3. The van der Waals surface area contributed by atoms with Gasteiger partial charge < -0.3 is 4.42 Å². The standard InChI is InChI=1S/C14H12ClN5O2S3/c1-2-23-14-20-18-12(25-14)16-10(21)7-24-13-19-17-11(22-13)8-4-3-5-9(15)6-8/h3-6H,2,7H2,1H3,(H,16,18,21). The number of halogens is 1. The van der Waals surface area contributed by atoms with Gasteiger partial charge in [-0.1, -0.05) is 59.5 Å². The SMILES string of the molecule is CCSc1nnc(NC(=O)CSc2nnc(-c3cccc(Cl)c3)o2)s1. The molecule has 2 aromatic heterocycles. The van der Waals surface area contributed by atoms with E-state index in [0.29, 0.717) is 21.3 Å². The van der Waals surface area contributed by atoms with E-state index in [1.165, 1.54) is 11.3 Å². The van der Waals surface area contributed by atoms with Crippen LogP contribution in [0.2, 0.25) is 5.02 Å². The van der Waals surface area contributed by atoms with Crippen LogP contribution >= 0.6 is 46.5 Å². The van der Waals surface area contributed by atoms with Crippen molar-refractivity contribution in [3.8, 4) is 11.5 Å².